The minimum Gasteiger partial charge on any atom is -0.352 e. The Morgan fingerprint density at radius 3 is 2.18 bits per heavy atom. The summed E-state index contributed by atoms with van der Waals surface area (Å²) < 4.78 is 42.0. The van der Waals surface area contributed by atoms with Crippen molar-refractivity contribution in [3.63, 3.8) is 0 Å². The maximum atomic E-state index is 13.8. The van der Waals surface area contributed by atoms with E-state index in [-0.39, 0.29) is 17.5 Å². The number of anilines is 1. The molecular weight excluding hydrogens is 529 g/mol. The number of rotatable bonds is 10. The van der Waals surface area contributed by atoms with Crippen molar-refractivity contribution in [1.29, 1.82) is 0 Å². The molecule has 10 heteroatoms. The Hall–Kier alpha value is -3.43. The summed E-state index contributed by atoms with van der Waals surface area (Å²) in [6.45, 7) is 6.41. The molecule has 3 rings (SSSR count). The third-order valence-corrected chi connectivity index (χ3v) is 7.87. The number of halogens is 2. The van der Waals surface area contributed by atoms with Crippen LogP contribution in [0.1, 0.15) is 31.9 Å². The number of hydrogen-bond donors (Lipinski definition) is 1. The molecule has 1 atom stereocenters. The Bertz CT molecular complexity index is 1380. The third-order valence-electron chi connectivity index (χ3n) is 5.83. The van der Waals surface area contributed by atoms with E-state index in [0.29, 0.717) is 16.3 Å². The lowest BCUT2D eigenvalue weighted by atomic mass is 10.1. The van der Waals surface area contributed by atoms with Crippen LogP contribution in [0.5, 0.6) is 0 Å². The van der Waals surface area contributed by atoms with Gasteiger partial charge in [0.1, 0.15) is 18.4 Å². The number of nitrogens with one attached hydrogen (secondary N) is 1. The van der Waals surface area contributed by atoms with Crippen LogP contribution in [-0.2, 0) is 26.2 Å². The highest BCUT2D eigenvalue weighted by Crippen LogP contribution is 2.26. The van der Waals surface area contributed by atoms with E-state index in [1.54, 1.807) is 39.0 Å². The van der Waals surface area contributed by atoms with Gasteiger partial charge in [-0.3, -0.25) is 13.9 Å². The molecule has 2 amide bonds. The fourth-order valence-electron chi connectivity index (χ4n) is 3.82. The fourth-order valence-corrected chi connectivity index (χ4v) is 5.35. The van der Waals surface area contributed by atoms with Crippen LogP contribution in [0.15, 0.2) is 77.7 Å². The minimum absolute atomic E-state index is 0.0194. The predicted octanol–water partition coefficient (Wildman–Crippen LogP) is 4.92. The number of carbonyl (C=O) groups excluding carboxylic acids is 2. The normalized spacial score (nSPS) is 12.2. The summed E-state index contributed by atoms with van der Waals surface area (Å²) in [5.74, 6) is -1.42. The highest BCUT2D eigenvalue weighted by atomic mass is 35.5. The molecule has 0 heterocycles. The predicted molar refractivity (Wildman–Crippen MR) is 147 cm³/mol. The third kappa shape index (κ3) is 7.33. The van der Waals surface area contributed by atoms with E-state index >= 15 is 0 Å². The number of carbonyl (C=O) groups is 2. The first-order valence-electron chi connectivity index (χ1n) is 12.1. The zero-order chi connectivity index (χ0) is 28.0. The molecule has 0 radical (unpaired) electrons. The number of nitrogens with zero attached hydrogens (tertiary/aromatic N) is 2. The Kier molecular flexibility index (Phi) is 9.51. The van der Waals surface area contributed by atoms with Crippen molar-refractivity contribution in [1.82, 2.24) is 10.2 Å². The Labute approximate surface area is 228 Å². The molecule has 0 saturated carbocycles. The van der Waals surface area contributed by atoms with Gasteiger partial charge in [-0.2, -0.15) is 0 Å². The van der Waals surface area contributed by atoms with Crippen LogP contribution in [0.25, 0.3) is 0 Å². The summed E-state index contributed by atoms with van der Waals surface area (Å²) in [6, 6.07) is 16.9. The lowest BCUT2D eigenvalue weighted by molar-refractivity contribution is -0.139. The molecule has 1 unspecified atom stereocenters. The van der Waals surface area contributed by atoms with Crippen LogP contribution in [0.4, 0.5) is 10.1 Å². The monoisotopic (exact) mass is 559 g/mol. The van der Waals surface area contributed by atoms with Gasteiger partial charge in [0.2, 0.25) is 11.8 Å². The van der Waals surface area contributed by atoms with E-state index in [9.17, 15) is 22.4 Å². The Morgan fingerprint density at radius 1 is 0.974 bits per heavy atom. The minimum atomic E-state index is -4.18. The van der Waals surface area contributed by atoms with Gasteiger partial charge in [0.15, 0.2) is 0 Å². The van der Waals surface area contributed by atoms with Crippen molar-refractivity contribution < 1.29 is 22.4 Å². The van der Waals surface area contributed by atoms with Gasteiger partial charge in [-0.05, 0) is 87.4 Å². The highest BCUT2D eigenvalue weighted by molar-refractivity contribution is 7.92. The van der Waals surface area contributed by atoms with Gasteiger partial charge in [0.25, 0.3) is 10.0 Å². The molecule has 3 aromatic carbocycles. The summed E-state index contributed by atoms with van der Waals surface area (Å²) in [7, 11) is -4.18. The zero-order valence-electron chi connectivity index (χ0n) is 21.7. The topological polar surface area (TPSA) is 86.8 Å². The molecule has 0 saturated heterocycles. The Balaban J connectivity index is 2.03. The number of benzene rings is 3. The fraction of sp³-hybridized carbons (Fsp3) is 0.286. The molecule has 1 N–H and O–H groups in total. The van der Waals surface area contributed by atoms with Gasteiger partial charge < -0.3 is 10.2 Å². The lowest BCUT2D eigenvalue weighted by Crippen LogP contribution is -2.52. The standard InChI is InChI=1S/C28H31ClFN3O4S/c1-19(2)31-28(35)21(4)32(17-22-8-12-24(30)13-9-22)27(34)18-33(25-7-5-6-20(3)16-25)38(36,37)26-14-10-23(29)11-15-26/h5-16,19,21H,17-18H2,1-4H3,(H,31,35). The molecule has 0 aliphatic heterocycles. The number of hydrogen-bond acceptors (Lipinski definition) is 4. The molecular formula is C28H31ClFN3O4S. The summed E-state index contributed by atoms with van der Waals surface area (Å²) in [4.78, 5) is 27.9. The van der Waals surface area contributed by atoms with Crippen LogP contribution in [0, 0.1) is 12.7 Å². The molecule has 202 valence electrons. The molecule has 0 spiro atoms. The summed E-state index contributed by atoms with van der Waals surface area (Å²) in [5, 5.41) is 3.16. The average Bonchev–Trinajstić information content (AvgIpc) is 2.86. The second kappa shape index (κ2) is 12.4. The Morgan fingerprint density at radius 2 is 1.61 bits per heavy atom. The zero-order valence-corrected chi connectivity index (χ0v) is 23.3. The smallest absolute Gasteiger partial charge is 0.264 e. The van der Waals surface area contributed by atoms with Gasteiger partial charge in [0, 0.05) is 17.6 Å². The van der Waals surface area contributed by atoms with Crippen molar-refractivity contribution in [3.8, 4) is 0 Å². The van der Waals surface area contributed by atoms with Crippen molar-refractivity contribution >= 4 is 39.1 Å². The highest BCUT2D eigenvalue weighted by Gasteiger charge is 2.32. The summed E-state index contributed by atoms with van der Waals surface area (Å²) >= 11 is 5.96. The number of amides is 2. The molecule has 38 heavy (non-hydrogen) atoms. The quantitative estimate of drug-likeness (QED) is 0.382. The molecule has 0 fully saturated rings. The van der Waals surface area contributed by atoms with Crippen LogP contribution in [-0.4, -0.2) is 43.8 Å². The largest absolute Gasteiger partial charge is 0.352 e. The first-order chi connectivity index (χ1) is 17.9. The molecule has 3 aromatic rings. The number of aryl methyl sites for hydroxylation is 1. The van der Waals surface area contributed by atoms with Gasteiger partial charge in [0.05, 0.1) is 10.6 Å². The second-order valence-electron chi connectivity index (χ2n) is 9.29. The van der Waals surface area contributed by atoms with Crippen LogP contribution in [0.3, 0.4) is 0 Å². The van der Waals surface area contributed by atoms with E-state index < -0.39 is 40.2 Å². The van der Waals surface area contributed by atoms with Gasteiger partial charge >= 0.3 is 0 Å². The lowest BCUT2D eigenvalue weighted by Gasteiger charge is -2.32. The van der Waals surface area contributed by atoms with Crippen molar-refractivity contribution in [2.24, 2.45) is 0 Å². The van der Waals surface area contributed by atoms with Crippen LogP contribution in [0.2, 0.25) is 5.02 Å². The van der Waals surface area contributed by atoms with Crippen molar-refractivity contribution in [3.05, 3.63) is 94.8 Å². The molecule has 0 bridgehead atoms. The van der Waals surface area contributed by atoms with Crippen molar-refractivity contribution in [2.45, 2.75) is 51.2 Å². The second-order valence-corrected chi connectivity index (χ2v) is 11.6. The first kappa shape index (κ1) is 29.1. The molecule has 7 nitrogen and oxygen atoms in total. The van der Waals surface area contributed by atoms with E-state index in [1.165, 1.54) is 53.4 Å². The number of sulfonamides is 1. The van der Waals surface area contributed by atoms with Gasteiger partial charge in [-0.15, -0.1) is 0 Å². The molecule has 0 aliphatic carbocycles. The van der Waals surface area contributed by atoms with Crippen molar-refractivity contribution in [2.75, 3.05) is 10.8 Å². The van der Waals surface area contributed by atoms with E-state index in [4.69, 9.17) is 11.6 Å². The van der Waals surface area contributed by atoms with E-state index in [1.807, 2.05) is 13.0 Å². The average molecular weight is 560 g/mol. The summed E-state index contributed by atoms with van der Waals surface area (Å²) in [5.41, 5.74) is 1.69. The van der Waals surface area contributed by atoms with Gasteiger partial charge in [-0.25, -0.2) is 12.8 Å². The maximum absolute atomic E-state index is 13.8. The maximum Gasteiger partial charge on any atom is 0.264 e. The molecule has 0 aromatic heterocycles. The SMILES string of the molecule is Cc1cccc(N(CC(=O)N(Cc2ccc(F)cc2)C(C)C(=O)NC(C)C)S(=O)(=O)c2ccc(Cl)cc2)c1. The first-order valence-corrected chi connectivity index (χ1v) is 13.9. The molecule has 0 aliphatic rings. The van der Waals surface area contributed by atoms with E-state index in [2.05, 4.69) is 5.32 Å². The van der Waals surface area contributed by atoms with Crippen LogP contribution < -0.4 is 9.62 Å². The summed E-state index contributed by atoms with van der Waals surface area (Å²) in [6.07, 6.45) is 0. The van der Waals surface area contributed by atoms with Crippen LogP contribution >= 0.6 is 11.6 Å². The van der Waals surface area contributed by atoms with Gasteiger partial charge in [-0.1, -0.05) is 35.9 Å². The van der Waals surface area contributed by atoms with E-state index in [0.717, 1.165) is 9.87 Å².